The summed E-state index contributed by atoms with van der Waals surface area (Å²) in [6, 6.07) is 17.8. The van der Waals surface area contributed by atoms with Crippen molar-refractivity contribution in [3.63, 3.8) is 0 Å². The van der Waals surface area contributed by atoms with Crippen LogP contribution < -0.4 is 5.63 Å². The van der Waals surface area contributed by atoms with E-state index in [2.05, 4.69) is 10.3 Å². The molecule has 2 aromatic carbocycles. The van der Waals surface area contributed by atoms with E-state index in [9.17, 15) is 9.59 Å². The highest BCUT2D eigenvalue weighted by atomic mass is 16.4. The zero-order valence-corrected chi connectivity index (χ0v) is 12.4. The number of ketones is 1. The molecule has 0 spiro atoms. The van der Waals surface area contributed by atoms with Gasteiger partial charge in [0.1, 0.15) is 11.1 Å². The fourth-order valence-electron chi connectivity index (χ4n) is 2.43. The molecule has 0 amide bonds. The number of para-hydroxylation sites is 2. The number of hydrogen-bond acceptors (Lipinski definition) is 5. The number of nitrogens with zero attached hydrogens (tertiary/aromatic N) is 3. The molecule has 2 aromatic heterocycles. The molecule has 0 bridgehead atoms. The van der Waals surface area contributed by atoms with Gasteiger partial charge in [-0.3, -0.25) is 4.79 Å². The van der Waals surface area contributed by atoms with Gasteiger partial charge < -0.3 is 4.42 Å². The fraction of sp³-hybridized carbons (Fsp3) is 0. The van der Waals surface area contributed by atoms with Gasteiger partial charge in [-0.05, 0) is 24.3 Å². The van der Waals surface area contributed by atoms with Crippen LogP contribution in [0.3, 0.4) is 0 Å². The second kappa shape index (κ2) is 5.58. The van der Waals surface area contributed by atoms with Crippen LogP contribution in [0.4, 0.5) is 0 Å². The Hall–Kier alpha value is -3.54. The third kappa shape index (κ3) is 2.40. The van der Waals surface area contributed by atoms with Crippen LogP contribution in [0.1, 0.15) is 16.1 Å². The summed E-state index contributed by atoms with van der Waals surface area (Å²) >= 11 is 0. The lowest BCUT2D eigenvalue weighted by Gasteiger charge is -1.99. The highest BCUT2D eigenvalue weighted by Gasteiger charge is 2.19. The minimum Gasteiger partial charge on any atom is -0.422 e. The molecule has 0 saturated heterocycles. The fourth-order valence-corrected chi connectivity index (χ4v) is 2.43. The van der Waals surface area contributed by atoms with Crippen LogP contribution in [0.15, 0.2) is 76.1 Å². The standard InChI is InChI=1S/C18H11N3O3/c22-17(14-10-12-6-4-5-9-16(12)24-18(14)23)15-11-21(20-19-15)13-7-2-1-3-8-13/h1-11H. The summed E-state index contributed by atoms with van der Waals surface area (Å²) in [4.78, 5) is 24.7. The van der Waals surface area contributed by atoms with Crippen LogP contribution in [-0.2, 0) is 0 Å². The van der Waals surface area contributed by atoms with Gasteiger partial charge in [-0.1, -0.05) is 41.6 Å². The van der Waals surface area contributed by atoms with E-state index >= 15 is 0 Å². The number of fused-ring (bicyclic) bond motifs is 1. The van der Waals surface area contributed by atoms with Crippen LogP contribution in [0.5, 0.6) is 0 Å². The third-order valence-corrected chi connectivity index (χ3v) is 3.63. The Bertz CT molecular complexity index is 1100. The molecule has 0 aliphatic heterocycles. The van der Waals surface area contributed by atoms with Gasteiger partial charge in [0.15, 0.2) is 5.69 Å². The highest BCUT2D eigenvalue weighted by molar-refractivity contribution is 6.08. The molecule has 6 nitrogen and oxygen atoms in total. The van der Waals surface area contributed by atoms with E-state index in [1.54, 1.807) is 18.2 Å². The van der Waals surface area contributed by atoms with Crippen molar-refractivity contribution in [3.8, 4) is 5.69 Å². The van der Waals surface area contributed by atoms with Crippen molar-refractivity contribution >= 4 is 16.8 Å². The van der Waals surface area contributed by atoms with Crippen molar-refractivity contribution in [2.24, 2.45) is 0 Å². The summed E-state index contributed by atoms with van der Waals surface area (Å²) in [5.74, 6) is -0.517. The lowest BCUT2D eigenvalue weighted by molar-refractivity contribution is 0.103. The summed E-state index contributed by atoms with van der Waals surface area (Å²) in [6.07, 6.45) is 1.49. The summed E-state index contributed by atoms with van der Waals surface area (Å²) in [7, 11) is 0. The predicted octanol–water partition coefficient (Wildman–Crippen LogP) is 2.60. The normalized spacial score (nSPS) is 10.8. The third-order valence-electron chi connectivity index (χ3n) is 3.63. The zero-order valence-electron chi connectivity index (χ0n) is 12.4. The molecule has 116 valence electrons. The van der Waals surface area contributed by atoms with Crippen LogP contribution in [0.25, 0.3) is 16.7 Å². The van der Waals surface area contributed by atoms with Crippen LogP contribution in [0.2, 0.25) is 0 Å². The van der Waals surface area contributed by atoms with Gasteiger partial charge in [0.25, 0.3) is 0 Å². The molecule has 0 atom stereocenters. The van der Waals surface area contributed by atoms with Crippen molar-refractivity contribution < 1.29 is 9.21 Å². The van der Waals surface area contributed by atoms with Crippen molar-refractivity contribution in [1.29, 1.82) is 0 Å². The second-order valence-electron chi connectivity index (χ2n) is 5.20. The lowest BCUT2D eigenvalue weighted by Crippen LogP contribution is -2.15. The van der Waals surface area contributed by atoms with Crippen molar-refractivity contribution in [2.45, 2.75) is 0 Å². The Kier molecular flexibility index (Phi) is 3.28. The van der Waals surface area contributed by atoms with E-state index in [0.29, 0.717) is 11.0 Å². The first-order valence-electron chi connectivity index (χ1n) is 7.28. The molecule has 4 aromatic rings. The molecule has 0 aliphatic rings. The topological polar surface area (TPSA) is 78.0 Å². The Morgan fingerprint density at radius 2 is 1.75 bits per heavy atom. The van der Waals surface area contributed by atoms with Gasteiger partial charge in [-0.2, -0.15) is 0 Å². The van der Waals surface area contributed by atoms with Gasteiger partial charge in [0, 0.05) is 5.39 Å². The molecule has 24 heavy (non-hydrogen) atoms. The molecule has 0 aliphatic carbocycles. The van der Waals surface area contributed by atoms with Gasteiger partial charge in [0.05, 0.1) is 11.9 Å². The maximum atomic E-state index is 12.6. The van der Waals surface area contributed by atoms with E-state index in [1.165, 1.54) is 16.9 Å². The molecular formula is C18H11N3O3. The Morgan fingerprint density at radius 3 is 2.58 bits per heavy atom. The van der Waals surface area contributed by atoms with Crippen LogP contribution in [0, 0.1) is 0 Å². The molecule has 4 rings (SSSR count). The predicted molar refractivity (Wildman–Crippen MR) is 87.3 cm³/mol. The maximum absolute atomic E-state index is 12.6. The molecule has 0 saturated carbocycles. The quantitative estimate of drug-likeness (QED) is 0.429. The first-order chi connectivity index (χ1) is 11.7. The molecule has 0 radical (unpaired) electrons. The van der Waals surface area contributed by atoms with Gasteiger partial charge in [-0.25, -0.2) is 9.48 Å². The van der Waals surface area contributed by atoms with Gasteiger partial charge >= 0.3 is 5.63 Å². The first-order valence-corrected chi connectivity index (χ1v) is 7.28. The van der Waals surface area contributed by atoms with Crippen molar-refractivity contribution in [3.05, 3.63) is 88.5 Å². The van der Waals surface area contributed by atoms with Gasteiger partial charge in [0.2, 0.25) is 5.78 Å². The Labute approximate surface area is 136 Å². The summed E-state index contributed by atoms with van der Waals surface area (Å²) in [5.41, 5.74) is 0.546. The molecule has 0 fully saturated rings. The summed E-state index contributed by atoms with van der Waals surface area (Å²) < 4.78 is 6.68. The number of benzene rings is 2. The minimum absolute atomic E-state index is 0.0613. The average Bonchev–Trinajstić information content (AvgIpc) is 3.11. The summed E-state index contributed by atoms with van der Waals surface area (Å²) in [5, 5.41) is 8.49. The molecule has 2 heterocycles. The van der Waals surface area contributed by atoms with Crippen LogP contribution >= 0.6 is 0 Å². The SMILES string of the molecule is O=C(c1cn(-c2ccccc2)nn1)c1cc2ccccc2oc1=O. The number of carbonyl (C=O) groups is 1. The van der Waals surface area contributed by atoms with Crippen molar-refractivity contribution in [2.75, 3.05) is 0 Å². The second-order valence-corrected chi connectivity index (χ2v) is 5.20. The zero-order chi connectivity index (χ0) is 16.5. The molecular weight excluding hydrogens is 306 g/mol. The van der Waals surface area contributed by atoms with Crippen molar-refractivity contribution in [1.82, 2.24) is 15.0 Å². The summed E-state index contributed by atoms with van der Waals surface area (Å²) in [6.45, 7) is 0. The Morgan fingerprint density at radius 1 is 1.00 bits per heavy atom. The molecule has 0 N–H and O–H groups in total. The largest absolute Gasteiger partial charge is 0.422 e. The van der Waals surface area contributed by atoms with E-state index < -0.39 is 11.4 Å². The average molecular weight is 317 g/mol. The number of hydrogen-bond donors (Lipinski definition) is 0. The highest BCUT2D eigenvalue weighted by Crippen LogP contribution is 2.15. The minimum atomic E-state index is -0.687. The first kappa shape index (κ1) is 14.1. The maximum Gasteiger partial charge on any atom is 0.347 e. The molecule has 0 unspecified atom stereocenters. The smallest absolute Gasteiger partial charge is 0.347 e. The number of rotatable bonds is 3. The Balaban J connectivity index is 1.76. The monoisotopic (exact) mass is 317 g/mol. The molecule has 6 heteroatoms. The lowest BCUT2D eigenvalue weighted by atomic mass is 10.1. The van der Waals surface area contributed by atoms with E-state index in [1.807, 2.05) is 36.4 Å². The van der Waals surface area contributed by atoms with E-state index in [-0.39, 0.29) is 11.3 Å². The van der Waals surface area contributed by atoms with E-state index in [0.717, 1.165) is 5.69 Å². The van der Waals surface area contributed by atoms with E-state index in [4.69, 9.17) is 4.42 Å². The van der Waals surface area contributed by atoms with Gasteiger partial charge in [-0.15, -0.1) is 5.10 Å². The number of carbonyl (C=O) groups excluding carboxylic acids is 1. The number of aromatic nitrogens is 3. The van der Waals surface area contributed by atoms with Crippen LogP contribution in [-0.4, -0.2) is 20.8 Å².